The molecule has 20 heavy (non-hydrogen) atoms. The van der Waals surface area contributed by atoms with Crippen LogP contribution in [0.1, 0.15) is 23.1 Å². The lowest BCUT2D eigenvalue weighted by atomic mass is 9.66. The average molecular weight is 275 g/mol. The number of nitro groups is 1. The van der Waals surface area contributed by atoms with Crippen molar-refractivity contribution in [3.63, 3.8) is 0 Å². The van der Waals surface area contributed by atoms with Gasteiger partial charge in [-0.3, -0.25) is 19.7 Å². The number of ether oxygens (including phenoxy) is 2. The van der Waals surface area contributed by atoms with E-state index < -0.39 is 40.7 Å². The number of hydrogen-bond acceptors (Lipinski definition) is 6. The van der Waals surface area contributed by atoms with Crippen LogP contribution in [0.5, 0.6) is 0 Å². The average Bonchev–Trinajstić information content (AvgIpc) is 2.76. The lowest BCUT2D eigenvalue weighted by Crippen LogP contribution is -2.44. The predicted octanol–water partition coefficient (Wildman–Crippen LogP) is 1.08. The number of nitro benzene ring substituents is 1. The van der Waals surface area contributed by atoms with Gasteiger partial charge in [-0.25, -0.2) is 0 Å². The van der Waals surface area contributed by atoms with Gasteiger partial charge in [0.05, 0.1) is 23.6 Å². The second kappa shape index (κ2) is 3.63. The predicted molar refractivity (Wildman–Crippen MR) is 62.6 cm³/mol. The normalized spacial score (nSPS) is 33.6. The highest BCUT2D eigenvalue weighted by Gasteiger charge is 2.61. The van der Waals surface area contributed by atoms with Crippen LogP contribution in [0.15, 0.2) is 18.2 Å². The quantitative estimate of drug-likeness (QED) is 0.329. The van der Waals surface area contributed by atoms with Crippen LogP contribution in [0, 0.1) is 22.0 Å². The van der Waals surface area contributed by atoms with E-state index in [-0.39, 0.29) is 12.3 Å². The van der Waals surface area contributed by atoms with E-state index in [1.54, 1.807) is 12.1 Å². The molecule has 1 aromatic rings. The third-order valence-corrected chi connectivity index (χ3v) is 4.34. The second-order valence-corrected chi connectivity index (χ2v) is 5.19. The fourth-order valence-electron chi connectivity index (χ4n) is 3.60. The molecule has 7 heteroatoms. The van der Waals surface area contributed by atoms with Gasteiger partial charge in [-0.15, -0.1) is 0 Å². The maximum absolute atomic E-state index is 11.8. The van der Waals surface area contributed by atoms with E-state index in [9.17, 15) is 19.7 Å². The van der Waals surface area contributed by atoms with Gasteiger partial charge in [0, 0.05) is 17.5 Å². The van der Waals surface area contributed by atoms with E-state index in [0.717, 1.165) is 0 Å². The minimum absolute atomic E-state index is 0.0219. The molecule has 7 nitrogen and oxygen atoms in total. The molecular weight excluding hydrogens is 266 g/mol. The van der Waals surface area contributed by atoms with E-state index >= 15 is 0 Å². The SMILES string of the molecule is O=C1OC(=O)[C@H]2[C@H]1[C@@H]1CO[C@@H]2c2cccc([N+](=O)[O-])c21. The largest absolute Gasteiger partial charge is 0.393 e. The first kappa shape index (κ1) is 11.5. The zero-order valence-electron chi connectivity index (χ0n) is 10.1. The van der Waals surface area contributed by atoms with E-state index in [0.29, 0.717) is 11.1 Å². The highest BCUT2D eigenvalue weighted by molar-refractivity contribution is 5.98. The molecule has 0 radical (unpaired) electrons. The van der Waals surface area contributed by atoms with Crippen molar-refractivity contribution in [1.82, 2.24) is 0 Å². The third kappa shape index (κ3) is 1.23. The van der Waals surface area contributed by atoms with Gasteiger partial charge in [0.2, 0.25) is 0 Å². The number of cyclic esters (lactones) is 2. The van der Waals surface area contributed by atoms with Crippen molar-refractivity contribution in [3.05, 3.63) is 39.4 Å². The van der Waals surface area contributed by atoms with Crippen LogP contribution in [-0.2, 0) is 19.1 Å². The summed E-state index contributed by atoms with van der Waals surface area (Å²) in [7, 11) is 0. The highest BCUT2D eigenvalue weighted by Crippen LogP contribution is 2.56. The van der Waals surface area contributed by atoms with E-state index in [1.807, 2.05) is 0 Å². The molecular formula is C13H9NO6. The molecule has 5 rings (SSSR count). The maximum atomic E-state index is 11.8. The molecule has 0 aromatic heterocycles. The molecule has 0 unspecified atom stereocenters. The summed E-state index contributed by atoms with van der Waals surface area (Å²) >= 11 is 0. The van der Waals surface area contributed by atoms with Crippen molar-refractivity contribution < 1.29 is 24.0 Å². The van der Waals surface area contributed by atoms with Gasteiger partial charge < -0.3 is 9.47 Å². The Morgan fingerprint density at radius 2 is 1.95 bits per heavy atom. The van der Waals surface area contributed by atoms with Crippen LogP contribution in [0.3, 0.4) is 0 Å². The lowest BCUT2D eigenvalue weighted by Gasteiger charge is -2.42. The molecule has 2 fully saturated rings. The van der Waals surface area contributed by atoms with Crippen LogP contribution in [0.25, 0.3) is 0 Å². The number of fused-ring (bicyclic) bond motifs is 1. The summed E-state index contributed by atoms with van der Waals surface area (Å²) in [6, 6.07) is 4.69. The van der Waals surface area contributed by atoms with Crippen LogP contribution < -0.4 is 0 Å². The first-order valence-corrected chi connectivity index (χ1v) is 6.24. The van der Waals surface area contributed by atoms with Crippen molar-refractivity contribution >= 4 is 17.6 Å². The number of esters is 2. The molecule has 0 amide bonds. The zero-order chi connectivity index (χ0) is 14.0. The maximum Gasteiger partial charge on any atom is 0.320 e. The van der Waals surface area contributed by atoms with E-state index in [2.05, 4.69) is 0 Å². The Morgan fingerprint density at radius 3 is 2.70 bits per heavy atom. The molecule has 0 saturated carbocycles. The van der Waals surface area contributed by atoms with E-state index in [1.165, 1.54) is 6.07 Å². The number of carbonyl (C=O) groups excluding carboxylic acids is 2. The molecule has 0 spiro atoms. The van der Waals surface area contributed by atoms with Gasteiger partial charge in [-0.2, -0.15) is 0 Å². The van der Waals surface area contributed by atoms with Crippen molar-refractivity contribution in [2.45, 2.75) is 12.0 Å². The standard InChI is InChI=1S/C13H9NO6/c15-12-9-6-4-19-11(10(9)13(16)20-12)5-2-1-3-7(8(5)6)14(17)18/h1-3,6,9-11H,4H2/t6-,9-,10+,11-/m1/s1. The fourth-order valence-corrected chi connectivity index (χ4v) is 3.60. The Bertz CT molecular complexity index is 669. The molecule has 2 saturated heterocycles. The van der Waals surface area contributed by atoms with Gasteiger partial charge in [0.1, 0.15) is 5.92 Å². The Labute approximate surface area is 112 Å². The summed E-state index contributed by atoms with van der Waals surface area (Å²) in [5.74, 6) is -3.00. The summed E-state index contributed by atoms with van der Waals surface area (Å²) in [6.45, 7) is 0.200. The van der Waals surface area contributed by atoms with Crippen molar-refractivity contribution in [1.29, 1.82) is 0 Å². The molecule has 0 N–H and O–H groups in total. The number of nitrogens with zero attached hydrogens (tertiary/aromatic N) is 1. The molecule has 2 bridgehead atoms. The van der Waals surface area contributed by atoms with Crippen LogP contribution >= 0.6 is 0 Å². The first-order valence-electron chi connectivity index (χ1n) is 6.24. The monoisotopic (exact) mass is 275 g/mol. The molecule has 1 aliphatic carbocycles. The number of carbonyl (C=O) groups is 2. The first-order chi connectivity index (χ1) is 9.59. The van der Waals surface area contributed by atoms with Gasteiger partial charge in [-0.1, -0.05) is 12.1 Å². The third-order valence-electron chi connectivity index (χ3n) is 4.34. The number of rotatable bonds is 1. The molecule has 4 atom stereocenters. The van der Waals surface area contributed by atoms with Crippen LogP contribution in [-0.4, -0.2) is 23.5 Å². The Hall–Kier alpha value is -2.28. The summed E-state index contributed by atoms with van der Waals surface area (Å²) in [6.07, 6.45) is -0.626. The van der Waals surface area contributed by atoms with Crippen molar-refractivity contribution in [3.8, 4) is 0 Å². The minimum atomic E-state index is -0.671. The molecule has 3 heterocycles. The summed E-state index contributed by atoms with van der Waals surface area (Å²) in [5.41, 5.74) is 1.12. The highest BCUT2D eigenvalue weighted by atomic mass is 16.6. The Balaban J connectivity index is 1.96. The molecule has 3 aliphatic heterocycles. The topological polar surface area (TPSA) is 95.7 Å². The van der Waals surface area contributed by atoms with Crippen LogP contribution in [0.2, 0.25) is 0 Å². The zero-order valence-corrected chi connectivity index (χ0v) is 10.1. The van der Waals surface area contributed by atoms with Gasteiger partial charge in [-0.05, 0) is 5.56 Å². The second-order valence-electron chi connectivity index (χ2n) is 5.19. The van der Waals surface area contributed by atoms with Gasteiger partial charge in [0.25, 0.3) is 5.69 Å². The Morgan fingerprint density at radius 1 is 1.20 bits per heavy atom. The number of hydrogen-bond donors (Lipinski definition) is 0. The molecule has 1 aromatic carbocycles. The van der Waals surface area contributed by atoms with Crippen molar-refractivity contribution in [2.75, 3.05) is 6.61 Å². The lowest BCUT2D eigenvalue weighted by molar-refractivity contribution is -0.386. The Kier molecular flexibility index (Phi) is 2.10. The van der Waals surface area contributed by atoms with Crippen molar-refractivity contribution in [2.24, 2.45) is 11.8 Å². The summed E-state index contributed by atoms with van der Waals surface area (Å²) < 4.78 is 10.3. The fraction of sp³-hybridized carbons (Fsp3) is 0.385. The molecule has 102 valence electrons. The smallest absolute Gasteiger partial charge is 0.320 e. The van der Waals surface area contributed by atoms with Crippen LogP contribution in [0.4, 0.5) is 5.69 Å². The summed E-state index contributed by atoms with van der Waals surface area (Å²) in [4.78, 5) is 34.3. The number of benzene rings is 1. The van der Waals surface area contributed by atoms with E-state index in [4.69, 9.17) is 9.47 Å². The molecule has 4 aliphatic rings. The van der Waals surface area contributed by atoms with Gasteiger partial charge in [0.15, 0.2) is 0 Å². The summed E-state index contributed by atoms with van der Waals surface area (Å²) in [5, 5.41) is 11.2. The van der Waals surface area contributed by atoms with Gasteiger partial charge >= 0.3 is 11.9 Å². The minimum Gasteiger partial charge on any atom is -0.393 e.